The third-order valence-corrected chi connectivity index (χ3v) is 10.8. The summed E-state index contributed by atoms with van der Waals surface area (Å²) in [7, 11) is 5.70. The zero-order chi connectivity index (χ0) is 33.7. The van der Waals surface area contributed by atoms with Crippen LogP contribution in [0.15, 0.2) is 67.0 Å². The maximum absolute atomic E-state index is 9.42. The number of ether oxygens (including phenoxy) is 3. The molecule has 10 nitrogen and oxygen atoms in total. The topological polar surface area (TPSA) is 138 Å². The monoisotopic (exact) mass is 651 g/mol. The van der Waals surface area contributed by atoms with Gasteiger partial charge in [0, 0.05) is 16.9 Å². The third-order valence-electron chi connectivity index (χ3n) is 10.8. The van der Waals surface area contributed by atoms with Crippen molar-refractivity contribution in [1.82, 2.24) is 19.5 Å². The molecule has 0 spiro atoms. The maximum Gasteiger partial charge on any atom is 0.247 e. The summed E-state index contributed by atoms with van der Waals surface area (Å²) in [6.07, 6.45) is 5.09. The number of nitrogens with two attached hydrogens (primary N) is 1. The molecule has 2 aromatic carbocycles. The Morgan fingerprint density at radius 1 is 0.938 bits per heavy atom. The lowest BCUT2D eigenvalue weighted by atomic mass is 9.83. The lowest BCUT2D eigenvalue weighted by Crippen LogP contribution is -2.35. The normalized spacial score (nSPS) is 31.5. The number of imidazole rings is 1. The molecule has 8 rings (SSSR count). The number of hydrogen-bond donors (Lipinski definition) is 3. The van der Waals surface area contributed by atoms with E-state index in [-0.39, 0.29) is 53.1 Å². The Kier molecular flexibility index (Phi) is 8.77. The quantitative estimate of drug-likeness (QED) is 0.201. The van der Waals surface area contributed by atoms with Crippen molar-refractivity contribution < 1.29 is 24.4 Å². The molecular weight excluding hydrogens is 605 g/mol. The van der Waals surface area contributed by atoms with E-state index in [1.165, 1.54) is 5.56 Å². The first kappa shape index (κ1) is 33.0. The molecule has 0 saturated heterocycles. The van der Waals surface area contributed by atoms with Crippen LogP contribution in [0, 0.1) is 22.7 Å². The second-order valence-corrected chi connectivity index (χ2v) is 15.1. The van der Waals surface area contributed by atoms with Gasteiger partial charge in [0.1, 0.15) is 6.61 Å². The SMILES string of the molecule is CC(C)(C)O[C@H]1C[C@H](n2cnc3c(OCc4ccccc4)nc(N)nc32)[C@H]2C[C@]12COCc1ccccc1.[B][C@H]1C[C@H](O)[C@@]2(CO)C[C@H]12. The Hall–Kier alpha value is -3.51. The number of hydrogen-bond acceptors (Lipinski definition) is 9. The third kappa shape index (κ3) is 6.33. The Bertz CT molecular complexity index is 1710. The van der Waals surface area contributed by atoms with Crippen molar-refractivity contribution in [2.75, 3.05) is 18.9 Å². The molecule has 2 aromatic heterocycles. The summed E-state index contributed by atoms with van der Waals surface area (Å²) in [5.74, 6) is 1.52. The van der Waals surface area contributed by atoms with Crippen LogP contribution >= 0.6 is 0 Å². The van der Waals surface area contributed by atoms with E-state index in [0.29, 0.717) is 55.1 Å². The van der Waals surface area contributed by atoms with Gasteiger partial charge in [-0.05, 0) is 69.4 Å². The molecule has 4 aliphatic carbocycles. The van der Waals surface area contributed by atoms with Gasteiger partial charge in [-0.15, -0.1) is 0 Å². The Morgan fingerprint density at radius 2 is 1.60 bits per heavy atom. The summed E-state index contributed by atoms with van der Waals surface area (Å²) in [5.41, 5.74) is 9.24. The van der Waals surface area contributed by atoms with Gasteiger partial charge in [-0.2, -0.15) is 9.97 Å². The van der Waals surface area contributed by atoms with Gasteiger partial charge < -0.3 is 34.7 Å². The first-order valence-corrected chi connectivity index (χ1v) is 17.0. The maximum atomic E-state index is 9.42. The highest BCUT2D eigenvalue weighted by Gasteiger charge is 2.69. The van der Waals surface area contributed by atoms with Crippen LogP contribution in [0.3, 0.4) is 0 Å². The average molecular weight is 652 g/mol. The van der Waals surface area contributed by atoms with E-state index < -0.39 is 0 Å². The molecule has 4 N–H and O–H groups in total. The Morgan fingerprint density at radius 3 is 2.19 bits per heavy atom. The minimum absolute atomic E-state index is 0.0193. The van der Waals surface area contributed by atoms with Crippen molar-refractivity contribution in [3.05, 3.63) is 78.1 Å². The van der Waals surface area contributed by atoms with Crippen molar-refractivity contribution in [2.45, 2.75) is 89.3 Å². The molecule has 0 unspecified atom stereocenters. The molecule has 2 radical (unpaired) electrons. The molecule has 4 saturated carbocycles. The fraction of sp³-hybridized carbons (Fsp3) is 0.541. The van der Waals surface area contributed by atoms with Gasteiger partial charge in [-0.25, -0.2) is 4.98 Å². The summed E-state index contributed by atoms with van der Waals surface area (Å²) in [5, 5.41) is 18.4. The van der Waals surface area contributed by atoms with Crippen LogP contribution in [0.4, 0.5) is 5.95 Å². The predicted octanol–water partition coefficient (Wildman–Crippen LogP) is 5.05. The van der Waals surface area contributed by atoms with Gasteiger partial charge in [0.05, 0.1) is 51.8 Å². The van der Waals surface area contributed by atoms with Crippen LogP contribution in [0.1, 0.15) is 63.6 Å². The molecule has 4 aromatic rings. The van der Waals surface area contributed by atoms with E-state index in [9.17, 15) is 5.11 Å². The summed E-state index contributed by atoms with van der Waals surface area (Å²) < 4.78 is 21.1. The van der Waals surface area contributed by atoms with Crippen molar-refractivity contribution in [1.29, 1.82) is 0 Å². The number of nitrogen functional groups attached to an aromatic ring is 1. The number of nitrogens with zero attached hydrogens (tertiary/aromatic N) is 4. The van der Waals surface area contributed by atoms with Gasteiger partial charge in [-0.1, -0.05) is 66.5 Å². The van der Waals surface area contributed by atoms with Crippen LogP contribution in [-0.2, 0) is 22.7 Å². The molecule has 0 bridgehead atoms. The second-order valence-electron chi connectivity index (χ2n) is 15.1. The first-order chi connectivity index (χ1) is 23.0. The molecular formula is C37H46BN5O5. The molecule has 48 heavy (non-hydrogen) atoms. The van der Waals surface area contributed by atoms with E-state index in [0.717, 1.165) is 24.8 Å². The highest BCUT2D eigenvalue weighted by Crippen LogP contribution is 2.69. The summed E-state index contributed by atoms with van der Waals surface area (Å²) in [4.78, 5) is 13.6. The molecule has 11 heteroatoms. The minimum Gasteiger partial charge on any atom is -0.471 e. The lowest BCUT2D eigenvalue weighted by molar-refractivity contribution is -0.104. The highest BCUT2D eigenvalue weighted by atomic mass is 16.5. The highest BCUT2D eigenvalue weighted by molar-refractivity contribution is 6.12. The van der Waals surface area contributed by atoms with E-state index in [1.54, 1.807) is 0 Å². The fourth-order valence-electron chi connectivity index (χ4n) is 8.18. The number of anilines is 1. The van der Waals surface area contributed by atoms with Crippen molar-refractivity contribution in [2.24, 2.45) is 22.7 Å². The lowest BCUT2D eigenvalue weighted by Gasteiger charge is -2.31. The number of aliphatic hydroxyl groups excluding tert-OH is 2. The zero-order valence-electron chi connectivity index (χ0n) is 28.0. The Balaban J connectivity index is 0.000000310. The van der Waals surface area contributed by atoms with Crippen LogP contribution in [0.2, 0.25) is 5.82 Å². The van der Waals surface area contributed by atoms with Gasteiger partial charge in [0.2, 0.25) is 11.8 Å². The summed E-state index contributed by atoms with van der Waals surface area (Å²) in [6, 6.07) is 20.5. The Labute approximate surface area is 283 Å². The van der Waals surface area contributed by atoms with Crippen LogP contribution < -0.4 is 10.5 Å². The number of fused-ring (bicyclic) bond motifs is 3. The summed E-state index contributed by atoms with van der Waals surface area (Å²) >= 11 is 0. The van der Waals surface area contributed by atoms with E-state index >= 15 is 0 Å². The van der Waals surface area contributed by atoms with Crippen molar-refractivity contribution in [3.8, 4) is 5.88 Å². The van der Waals surface area contributed by atoms with Crippen LogP contribution in [0.5, 0.6) is 5.88 Å². The average Bonchev–Trinajstić information content (AvgIpc) is 3.89. The van der Waals surface area contributed by atoms with Crippen molar-refractivity contribution >= 4 is 25.0 Å². The van der Waals surface area contributed by atoms with E-state index in [1.807, 2.05) is 54.9 Å². The molecule has 4 fully saturated rings. The van der Waals surface area contributed by atoms with Gasteiger partial charge in [0.25, 0.3) is 0 Å². The molecule has 252 valence electrons. The number of aromatic nitrogens is 4. The molecule has 0 amide bonds. The van der Waals surface area contributed by atoms with Gasteiger partial charge in [-0.3, -0.25) is 0 Å². The number of aliphatic hydroxyl groups is 2. The van der Waals surface area contributed by atoms with E-state index in [2.05, 4.69) is 52.4 Å². The molecule has 8 atom stereocenters. The number of benzene rings is 2. The molecule has 2 heterocycles. The number of rotatable bonds is 10. The predicted molar refractivity (Wildman–Crippen MR) is 183 cm³/mol. The second kappa shape index (κ2) is 12.7. The van der Waals surface area contributed by atoms with E-state index in [4.69, 9.17) is 32.9 Å². The van der Waals surface area contributed by atoms with Crippen molar-refractivity contribution in [3.63, 3.8) is 0 Å². The minimum atomic E-state index is -0.350. The molecule has 4 aliphatic rings. The van der Waals surface area contributed by atoms with Gasteiger partial charge >= 0.3 is 0 Å². The first-order valence-electron chi connectivity index (χ1n) is 17.0. The molecule has 0 aliphatic heterocycles. The largest absolute Gasteiger partial charge is 0.471 e. The smallest absolute Gasteiger partial charge is 0.247 e. The van der Waals surface area contributed by atoms with Crippen LogP contribution in [0.25, 0.3) is 11.2 Å². The summed E-state index contributed by atoms with van der Waals surface area (Å²) in [6.45, 7) is 8.11. The zero-order valence-corrected chi connectivity index (χ0v) is 28.0. The standard InChI is InChI=1S/C30H35N5O3.C7H11BO2/c1-29(2,3)38-24-14-23(22-15-30(22,24)18-36-16-20-10-6-4-7-11-20)35-19-32-25-26(35)33-28(31)34-27(25)37-17-21-12-8-5-9-13-21;8-5-1-6(10)7(3-9)2-4(5)7/h4-13,19,22-24H,14-18H2,1-3H3,(H2,31,33,34);4-6,9-10H,1-3H2/t22-,23+,24+,30-;4-,5+,6+,7-/m11/s1. The van der Waals surface area contributed by atoms with Gasteiger partial charge in [0.15, 0.2) is 11.2 Å². The fourth-order valence-corrected chi connectivity index (χ4v) is 8.18. The van der Waals surface area contributed by atoms with Crippen LogP contribution in [-0.4, -0.2) is 68.6 Å².